The predicted molar refractivity (Wildman–Crippen MR) is 84.2 cm³/mol. The van der Waals surface area contributed by atoms with Gasteiger partial charge in [0.15, 0.2) is 0 Å². The summed E-state index contributed by atoms with van der Waals surface area (Å²) >= 11 is 3.35. The molecule has 6 heteroatoms. The molecule has 0 radical (unpaired) electrons. The minimum absolute atomic E-state index is 0.0481. The zero-order chi connectivity index (χ0) is 14.6. The first-order chi connectivity index (χ1) is 9.46. The summed E-state index contributed by atoms with van der Waals surface area (Å²) in [5.41, 5.74) is 2.45. The molecule has 0 fully saturated rings. The fraction of sp³-hybridized carbons (Fsp3) is 0.214. The van der Waals surface area contributed by atoms with Gasteiger partial charge in [0.2, 0.25) is 10.0 Å². The minimum Gasteiger partial charge on any atom is -0.283 e. The average Bonchev–Trinajstić information content (AvgIpc) is 2.41. The largest absolute Gasteiger partial charge is 0.283 e. The Labute approximate surface area is 127 Å². The smallest absolute Gasteiger partial charge is 0.233 e. The van der Waals surface area contributed by atoms with Gasteiger partial charge < -0.3 is 0 Å². The first-order valence-electron chi connectivity index (χ1n) is 6.12. The summed E-state index contributed by atoms with van der Waals surface area (Å²) in [5.74, 6) is 0.0481. The number of hydrogen-bond donors (Lipinski definition) is 1. The molecular formula is C14H15BrN2O2S. The lowest BCUT2D eigenvalue weighted by Crippen LogP contribution is -2.18. The number of nitrogens with zero attached hydrogens (tertiary/aromatic N) is 1. The maximum absolute atomic E-state index is 12.1. The van der Waals surface area contributed by atoms with Crippen molar-refractivity contribution >= 4 is 31.6 Å². The number of hydrogen-bond acceptors (Lipinski definition) is 3. The van der Waals surface area contributed by atoms with Crippen LogP contribution >= 0.6 is 15.9 Å². The van der Waals surface area contributed by atoms with Gasteiger partial charge >= 0.3 is 0 Å². The van der Waals surface area contributed by atoms with Crippen molar-refractivity contribution in [1.29, 1.82) is 0 Å². The molecule has 0 aliphatic carbocycles. The summed E-state index contributed by atoms with van der Waals surface area (Å²) in [6.07, 6.45) is 3.79. The Morgan fingerprint density at radius 3 is 2.55 bits per heavy atom. The summed E-state index contributed by atoms with van der Waals surface area (Å²) in [5, 5.41) is 0. The minimum atomic E-state index is -3.35. The molecule has 2 aromatic rings. The van der Waals surface area contributed by atoms with Crippen LogP contribution in [0, 0.1) is 6.92 Å². The third kappa shape index (κ3) is 4.31. The van der Waals surface area contributed by atoms with E-state index in [1.807, 2.05) is 31.2 Å². The molecule has 0 spiro atoms. The van der Waals surface area contributed by atoms with E-state index in [2.05, 4.69) is 25.6 Å². The third-order valence-corrected chi connectivity index (χ3v) is 4.63. The molecule has 0 aliphatic rings. The van der Waals surface area contributed by atoms with E-state index in [1.165, 1.54) is 0 Å². The highest BCUT2D eigenvalue weighted by Gasteiger charge is 2.12. The fourth-order valence-corrected chi connectivity index (χ4v) is 3.41. The van der Waals surface area contributed by atoms with Gasteiger partial charge in [0, 0.05) is 16.9 Å². The molecule has 0 bridgehead atoms. The molecule has 20 heavy (non-hydrogen) atoms. The molecule has 0 aliphatic heterocycles. The van der Waals surface area contributed by atoms with Crippen LogP contribution in [0.1, 0.15) is 11.1 Å². The second kappa shape index (κ2) is 6.37. The molecule has 2 rings (SSSR count). The second-order valence-electron chi connectivity index (χ2n) is 4.49. The van der Waals surface area contributed by atoms with Gasteiger partial charge in [-0.15, -0.1) is 0 Å². The number of aryl methyl sites for hydroxylation is 2. The van der Waals surface area contributed by atoms with E-state index in [4.69, 9.17) is 0 Å². The highest BCUT2D eigenvalue weighted by atomic mass is 79.9. The lowest BCUT2D eigenvalue weighted by molar-refractivity contribution is 0.600. The van der Waals surface area contributed by atoms with Crippen molar-refractivity contribution in [1.82, 2.24) is 4.98 Å². The number of rotatable bonds is 5. The average molecular weight is 355 g/mol. The molecule has 0 atom stereocenters. The van der Waals surface area contributed by atoms with Gasteiger partial charge in [-0.3, -0.25) is 9.71 Å². The van der Waals surface area contributed by atoms with Gasteiger partial charge in [-0.1, -0.05) is 15.9 Å². The quantitative estimate of drug-likeness (QED) is 0.897. The Morgan fingerprint density at radius 1 is 1.20 bits per heavy atom. The van der Waals surface area contributed by atoms with Crippen LogP contribution in [-0.2, 0) is 16.4 Å². The van der Waals surface area contributed by atoms with Crippen LogP contribution in [0.15, 0.2) is 47.2 Å². The van der Waals surface area contributed by atoms with E-state index >= 15 is 0 Å². The maximum atomic E-state index is 12.1. The van der Waals surface area contributed by atoms with Crippen molar-refractivity contribution in [2.75, 3.05) is 10.5 Å². The molecule has 1 N–H and O–H groups in total. The van der Waals surface area contributed by atoms with Crippen molar-refractivity contribution in [3.8, 4) is 0 Å². The number of pyridine rings is 1. The number of benzene rings is 1. The fourth-order valence-electron chi connectivity index (χ4n) is 1.76. The first kappa shape index (κ1) is 15.0. The Kier molecular flexibility index (Phi) is 4.77. The van der Waals surface area contributed by atoms with Gasteiger partial charge in [-0.05, 0) is 54.8 Å². The predicted octanol–water partition coefficient (Wildman–Crippen LogP) is 3.14. The number of halogens is 1. The number of nitrogens with one attached hydrogen (secondary N) is 1. The Morgan fingerprint density at radius 2 is 1.90 bits per heavy atom. The van der Waals surface area contributed by atoms with E-state index in [-0.39, 0.29) is 5.75 Å². The molecule has 106 valence electrons. The first-order valence-corrected chi connectivity index (χ1v) is 8.56. The lowest BCUT2D eigenvalue weighted by atomic mass is 10.2. The van der Waals surface area contributed by atoms with Gasteiger partial charge in [-0.2, -0.15) is 0 Å². The summed E-state index contributed by atoms with van der Waals surface area (Å²) in [6, 6.07) is 9.08. The Balaban J connectivity index is 2.04. The molecule has 1 aromatic heterocycles. The number of aromatic nitrogens is 1. The van der Waals surface area contributed by atoms with Crippen molar-refractivity contribution in [2.24, 2.45) is 0 Å². The van der Waals surface area contributed by atoms with Crippen LogP contribution in [0.5, 0.6) is 0 Å². The van der Waals surface area contributed by atoms with E-state index in [9.17, 15) is 8.42 Å². The number of sulfonamides is 1. The monoisotopic (exact) mass is 354 g/mol. The highest BCUT2D eigenvalue weighted by molar-refractivity contribution is 9.10. The van der Waals surface area contributed by atoms with Gasteiger partial charge in [0.1, 0.15) is 0 Å². The molecular weight excluding hydrogens is 340 g/mol. The Bertz CT molecular complexity index is 688. The summed E-state index contributed by atoms with van der Waals surface area (Å²) in [4.78, 5) is 3.91. The zero-order valence-electron chi connectivity index (χ0n) is 11.0. The lowest BCUT2D eigenvalue weighted by Gasteiger charge is -2.10. The van der Waals surface area contributed by atoms with E-state index in [1.54, 1.807) is 18.5 Å². The molecule has 0 unspecified atom stereocenters. The van der Waals surface area contributed by atoms with Crippen molar-refractivity contribution < 1.29 is 8.42 Å². The molecule has 1 aromatic carbocycles. The van der Waals surface area contributed by atoms with Crippen LogP contribution in [0.4, 0.5) is 5.69 Å². The van der Waals surface area contributed by atoms with Crippen LogP contribution < -0.4 is 4.72 Å². The van der Waals surface area contributed by atoms with Gasteiger partial charge in [-0.25, -0.2) is 8.42 Å². The van der Waals surface area contributed by atoms with Crippen LogP contribution in [0.25, 0.3) is 0 Å². The van der Waals surface area contributed by atoms with Crippen molar-refractivity contribution in [3.63, 3.8) is 0 Å². The van der Waals surface area contributed by atoms with Crippen LogP contribution in [0.3, 0.4) is 0 Å². The SMILES string of the molecule is Cc1cc(Br)ccc1NS(=O)(=O)CCc1ccncc1. The molecule has 0 amide bonds. The molecule has 0 saturated heterocycles. The van der Waals surface area contributed by atoms with Crippen molar-refractivity contribution in [3.05, 3.63) is 58.3 Å². The van der Waals surface area contributed by atoms with Crippen molar-refractivity contribution in [2.45, 2.75) is 13.3 Å². The van der Waals surface area contributed by atoms with E-state index in [0.29, 0.717) is 12.1 Å². The van der Waals surface area contributed by atoms with E-state index in [0.717, 1.165) is 15.6 Å². The summed E-state index contributed by atoms with van der Waals surface area (Å²) in [6.45, 7) is 1.87. The zero-order valence-corrected chi connectivity index (χ0v) is 13.4. The topological polar surface area (TPSA) is 59.1 Å². The van der Waals surface area contributed by atoms with Crippen LogP contribution in [-0.4, -0.2) is 19.2 Å². The number of anilines is 1. The normalized spacial score (nSPS) is 11.3. The second-order valence-corrected chi connectivity index (χ2v) is 7.24. The summed E-state index contributed by atoms with van der Waals surface area (Å²) in [7, 11) is -3.35. The highest BCUT2D eigenvalue weighted by Crippen LogP contribution is 2.21. The Hall–Kier alpha value is -1.40. The van der Waals surface area contributed by atoms with Gasteiger partial charge in [0.05, 0.1) is 11.4 Å². The summed E-state index contributed by atoms with van der Waals surface area (Å²) < 4.78 is 27.7. The molecule has 1 heterocycles. The maximum Gasteiger partial charge on any atom is 0.233 e. The standard InChI is InChI=1S/C14H15BrN2O2S/c1-11-10-13(15)2-3-14(11)17-20(18,19)9-6-12-4-7-16-8-5-12/h2-5,7-8,10,17H,6,9H2,1H3. The molecule has 4 nitrogen and oxygen atoms in total. The molecule has 0 saturated carbocycles. The van der Waals surface area contributed by atoms with E-state index < -0.39 is 10.0 Å². The third-order valence-electron chi connectivity index (χ3n) is 2.86. The van der Waals surface area contributed by atoms with Crippen LogP contribution in [0.2, 0.25) is 0 Å². The van der Waals surface area contributed by atoms with Gasteiger partial charge in [0.25, 0.3) is 0 Å².